The van der Waals surface area contributed by atoms with Gasteiger partial charge in [-0.2, -0.15) is 0 Å². The van der Waals surface area contributed by atoms with E-state index in [0.717, 1.165) is 11.3 Å². The minimum absolute atomic E-state index is 0.267. The zero-order valence-corrected chi connectivity index (χ0v) is 12.3. The quantitative estimate of drug-likeness (QED) is 0.610. The molecule has 0 aliphatic heterocycles. The van der Waals surface area contributed by atoms with Crippen LogP contribution in [0, 0.1) is 12.7 Å². The van der Waals surface area contributed by atoms with Gasteiger partial charge < -0.3 is 4.90 Å². The molecule has 0 atom stereocenters. The van der Waals surface area contributed by atoms with Crippen molar-refractivity contribution in [3.8, 4) is 11.1 Å². The highest BCUT2D eigenvalue weighted by atomic mass is 19.1. The number of hydrogen-bond acceptors (Lipinski definition) is 1. The number of aryl methyl sites for hydroxylation is 1. The fraction of sp³-hybridized carbons (Fsp3) is 0.100. The Morgan fingerprint density at radius 3 is 2.27 bits per heavy atom. The van der Waals surface area contributed by atoms with E-state index in [0.29, 0.717) is 11.3 Å². The molecular formula is C20H18FN. The third kappa shape index (κ3) is 2.73. The van der Waals surface area contributed by atoms with E-state index in [1.807, 2.05) is 36.4 Å². The van der Waals surface area contributed by atoms with Crippen molar-refractivity contribution < 1.29 is 8.50 Å². The summed E-state index contributed by atoms with van der Waals surface area (Å²) in [5.74, 6) is -0.309. The van der Waals surface area contributed by atoms with E-state index in [2.05, 4.69) is 0 Å². The van der Waals surface area contributed by atoms with Gasteiger partial charge in [-0.05, 0) is 30.6 Å². The van der Waals surface area contributed by atoms with Crippen LogP contribution in [0.15, 0.2) is 72.8 Å². The molecule has 0 aliphatic carbocycles. The average Bonchev–Trinajstić information content (AvgIpc) is 2.61. The highest BCUT2D eigenvalue weighted by molar-refractivity contribution is 5.73. The largest absolute Gasteiger partial charge is 0.342 e. The van der Waals surface area contributed by atoms with Crippen LogP contribution in [0.2, 0.25) is 0 Å². The molecule has 0 bridgehead atoms. The molecule has 3 aromatic rings. The Kier molecular flexibility index (Phi) is 3.02. The Balaban J connectivity index is 1.97. The highest BCUT2D eigenvalue weighted by Crippen LogP contribution is 2.32. The van der Waals surface area contributed by atoms with Crippen molar-refractivity contribution in [2.45, 2.75) is 6.85 Å². The molecule has 0 spiro atoms. The van der Waals surface area contributed by atoms with Gasteiger partial charge in [-0.15, -0.1) is 0 Å². The van der Waals surface area contributed by atoms with Crippen LogP contribution in [0.4, 0.5) is 15.8 Å². The lowest BCUT2D eigenvalue weighted by molar-refractivity contribution is 0.631. The Hall–Kier alpha value is -2.61. The van der Waals surface area contributed by atoms with Crippen LogP contribution in [-0.2, 0) is 0 Å². The standard InChI is InChI=1S/C20H18FN/c1-15-11-13-17(14-12-15)22(2)19-10-6-9-18(20(19)21)16-7-4-3-5-8-16/h3-14H,1-2H3/i1D3. The zero-order chi connectivity index (χ0) is 18.0. The normalized spacial score (nSPS) is 13.1. The van der Waals surface area contributed by atoms with Crippen molar-refractivity contribution in [1.29, 1.82) is 0 Å². The molecule has 1 nitrogen and oxygen atoms in total. The van der Waals surface area contributed by atoms with Crippen LogP contribution in [0.3, 0.4) is 0 Å². The number of halogens is 1. The van der Waals surface area contributed by atoms with E-state index >= 15 is 4.39 Å². The summed E-state index contributed by atoms with van der Waals surface area (Å²) in [4.78, 5) is 1.71. The number of hydrogen-bond donors (Lipinski definition) is 0. The zero-order valence-electron chi connectivity index (χ0n) is 15.3. The van der Waals surface area contributed by atoms with Crippen molar-refractivity contribution in [3.05, 3.63) is 84.2 Å². The number of rotatable bonds is 3. The summed E-state index contributed by atoms with van der Waals surface area (Å²) in [6.07, 6.45) is 0. The second-order valence-electron chi connectivity index (χ2n) is 5.11. The molecule has 0 amide bonds. The molecule has 2 heteroatoms. The second-order valence-corrected chi connectivity index (χ2v) is 5.11. The summed E-state index contributed by atoms with van der Waals surface area (Å²) in [6.45, 7) is -2.14. The third-order valence-corrected chi connectivity index (χ3v) is 3.68. The summed E-state index contributed by atoms with van der Waals surface area (Å²) in [6, 6.07) is 21.1. The van der Waals surface area contributed by atoms with Crippen molar-refractivity contribution in [3.63, 3.8) is 0 Å². The second kappa shape index (κ2) is 6.02. The molecule has 0 saturated carbocycles. The minimum atomic E-state index is -2.14. The molecule has 0 heterocycles. The van der Waals surface area contributed by atoms with Crippen molar-refractivity contribution in [2.75, 3.05) is 11.9 Å². The van der Waals surface area contributed by atoms with Crippen LogP contribution in [0.1, 0.15) is 9.68 Å². The molecule has 0 unspecified atom stereocenters. The molecule has 0 aromatic heterocycles. The number of nitrogens with zero attached hydrogens (tertiary/aromatic N) is 1. The average molecular weight is 294 g/mol. The molecule has 0 radical (unpaired) electrons. The summed E-state index contributed by atoms with van der Waals surface area (Å²) < 4.78 is 37.3. The van der Waals surface area contributed by atoms with Gasteiger partial charge >= 0.3 is 0 Å². The maximum Gasteiger partial charge on any atom is 0.154 e. The monoisotopic (exact) mass is 294 g/mol. The first-order chi connectivity index (χ1) is 11.9. The molecule has 22 heavy (non-hydrogen) atoms. The van der Waals surface area contributed by atoms with Crippen LogP contribution in [0.25, 0.3) is 11.1 Å². The lowest BCUT2D eigenvalue weighted by Crippen LogP contribution is -2.11. The van der Waals surface area contributed by atoms with E-state index < -0.39 is 6.85 Å². The SMILES string of the molecule is [2H]C([2H])([2H])c1ccc(N(C)c2cccc(-c3ccccc3)c2F)cc1. The Morgan fingerprint density at radius 1 is 0.864 bits per heavy atom. The fourth-order valence-electron chi connectivity index (χ4n) is 2.44. The molecule has 0 aliphatic rings. The van der Waals surface area contributed by atoms with Crippen LogP contribution in [0.5, 0.6) is 0 Å². The molecule has 0 saturated heterocycles. The van der Waals surface area contributed by atoms with E-state index in [4.69, 9.17) is 4.11 Å². The van der Waals surface area contributed by atoms with Gasteiger partial charge in [0.15, 0.2) is 5.82 Å². The van der Waals surface area contributed by atoms with Gasteiger partial charge in [-0.3, -0.25) is 0 Å². The molecule has 3 rings (SSSR count). The smallest absolute Gasteiger partial charge is 0.154 e. The summed E-state index contributed by atoms with van der Waals surface area (Å²) in [5, 5.41) is 0. The topological polar surface area (TPSA) is 3.24 Å². The molecule has 110 valence electrons. The molecular weight excluding hydrogens is 273 g/mol. The highest BCUT2D eigenvalue weighted by Gasteiger charge is 2.14. The van der Waals surface area contributed by atoms with Crippen molar-refractivity contribution in [1.82, 2.24) is 0 Å². The maximum atomic E-state index is 15.0. The Bertz CT molecular complexity index is 858. The van der Waals surface area contributed by atoms with Crippen LogP contribution >= 0.6 is 0 Å². The van der Waals surface area contributed by atoms with E-state index in [9.17, 15) is 0 Å². The predicted molar refractivity (Wildman–Crippen MR) is 91.1 cm³/mol. The van der Waals surface area contributed by atoms with Gasteiger partial charge in [0.2, 0.25) is 0 Å². The molecule has 0 N–H and O–H groups in total. The fourth-order valence-corrected chi connectivity index (χ4v) is 2.44. The Labute approximate surface area is 134 Å². The number of anilines is 2. The van der Waals surface area contributed by atoms with Gasteiger partial charge in [0.05, 0.1) is 5.69 Å². The van der Waals surface area contributed by atoms with Crippen molar-refractivity contribution in [2.24, 2.45) is 0 Å². The first kappa shape index (κ1) is 11.0. The van der Waals surface area contributed by atoms with Gasteiger partial charge in [0, 0.05) is 22.4 Å². The Morgan fingerprint density at radius 2 is 1.59 bits per heavy atom. The van der Waals surface area contributed by atoms with Crippen LogP contribution < -0.4 is 4.90 Å². The van der Waals surface area contributed by atoms with Gasteiger partial charge in [0.25, 0.3) is 0 Å². The predicted octanol–water partition coefficient (Wildman–Crippen LogP) is 5.57. The van der Waals surface area contributed by atoms with E-state index in [-0.39, 0.29) is 11.4 Å². The maximum absolute atomic E-state index is 15.0. The van der Waals surface area contributed by atoms with Gasteiger partial charge in [-0.1, -0.05) is 60.2 Å². The van der Waals surface area contributed by atoms with Crippen molar-refractivity contribution >= 4 is 11.4 Å². The summed E-state index contributed by atoms with van der Waals surface area (Å²) >= 11 is 0. The summed E-state index contributed by atoms with van der Waals surface area (Å²) in [7, 11) is 1.76. The number of benzene rings is 3. The van der Waals surface area contributed by atoms with Crippen LogP contribution in [-0.4, -0.2) is 7.05 Å². The minimum Gasteiger partial charge on any atom is -0.342 e. The lowest BCUT2D eigenvalue weighted by Gasteiger charge is -2.21. The lowest BCUT2D eigenvalue weighted by atomic mass is 10.0. The van der Waals surface area contributed by atoms with Gasteiger partial charge in [-0.25, -0.2) is 4.39 Å². The summed E-state index contributed by atoms with van der Waals surface area (Å²) in [5.41, 5.74) is 2.76. The first-order valence-electron chi connectivity index (χ1n) is 8.56. The molecule has 0 fully saturated rings. The molecule has 3 aromatic carbocycles. The third-order valence-electron chi connectivity index (χ3n) is 3.68. The van der Waals surface area contributed by atoms with E-state index in [1.165, 1.54) is 0 Å². The van der Waals surface area contributed by atoms with E-state index in [1.54, 1.807) is 48.3 Å². The van der Waals surface area contributed by atoms with Gasteiger partial charge in [0.1, 0.15) is 0 Å². The first-order valence-corrected chi connectivity index (χ1v) is 7.06.